The van der Waals surface area contributed by atoms with Crippen LogP contribution in [0.1, 0.15) is 56.6 Å². The van der Waals surface area contributed by atoms with Crippen molar-refractivity contribution in [2.45, 2.75) is 51.0 Å². The second-order valence-corrected chi connectivity index (χ2v) is 6.35. The van der Waals surface area contributed by atoms with Crippen LogP contribution in [0.2, 0.25) is 0 Å². The molecule has 1 aliphatic carbocycles. The zero-order valence-electron chi connectivity index (χ0n) is 12.5. The fourth-order valence-corrected chi connectivity index (χ4v) is 3.64. The molecule has 1 aromatic carbocycles. The molecule has 1 heterocycles. The highest BCUT2D eigenvalue weighted by Gasteiger charge is 2.37. The lowest BCUT2D eigenvalue weighted by Gasteiger charge is -2.39. The van der Waals surface area contributed by atoms with Crippen molar-refractivity contribution in [2.24, 2.45) is 11.1 Å². The van der Waals surface area contributed by atoms with Crippen LogP contribution in [-0.2, 0) is 0 Å². The maximum atomic E-state index is 11.0. The Kier molecular flexibility index (Phi) is 4.36. The number of rotatable bonds is 3. The number of benzene rings is 1. The minimum Gasteiger partial charge on any atom is -0.454 e. The third-order valence-corrected chi connectivity index (χ3v) is 5.05. The van der Waals surface area contributed by atoms with Gasteiger partial charge in [0.05, 0.1) is 6.10 Å². The minimum atomic E-state index is -0.532. The van der Waals surface area contributed by atoms with Crippen LogP contribution < -0.4 is 15.2 Å². The Morgan fingerprint density at radius 2 is 1.71 bits per heavy atom. The Morgan fingerprint density at radius 3 is 2.43 bits per heavy atom. The standard InChI is InChI=1S/C17H25NO3/c18-11-17(8-4-2-1-3-5-9-17)16(19)13-6-7-14-15(10-13)21-12-20-14/h6-7,10,16,19H,1-5,8-9,11-12,18H2. The zero-order chi connectivity index (χ0) is 14.7. The van der Waals surface area contributed by atoms with E-state index < -0.39 is 6.10 Å². The van der Waals surface area contributed by atoms with Crippen LogP contribution in [-0.4, -0.2) is 18.4 Å². The predicted octanol–water partition coefficient (Wildman–Crippen LogP) is 3.14. The molecule has 0 radical (unpaired) electrons. The average molecular weight is 291 g/mol. The van der Waals surface area contributed by atoms with E-state index in [2.05, 4.69) is 0 Å². The van der Waals surface area contributed by atoms with E-state index in [9.17, 15) is 5.11 Å². The maximum absolute atomic E-state index is 11.0. The number of aliphatic hydroxyl groups is 1. The van der Waals surface area contributed by atoms with Gasteiger partial charge in [0.25, 0.3) is 0 Å². The molecule has 1 atom stereocenters. The van der Waals surface area contributed by atoms with Crippen molar-refractivity contribution in [3.05, 3.63) is 23.8 Å². The summed E-state index contributed by atoms with van der Waals surface area (Å²) >= 11 is 0. The molecule has 0 saturated heterocycles. The molecular weight excluding hydrogens is 266 g/mol. The van der Waals surface area contributed by atoms with E-state index in [-0.39, 0.29) is 12.2 Å². The second-order valence-electron chi connectivity index (χ2n) is 6.35. The first-order valence-corrected chi connectivity index (χ1v) is 8.03. The monoisotopic (exact) mass is 291 g/mol. The molecule has 3 rings (SSSR count). The highest BCUT2D eigenvalue weighted by atomic mass is 16.7. The maximum Gasteiger partial charge on any atom is 0.231 e. The molecule has 1 aromatic rings. The molecule has 1 saturated carbocycles. The normalized spacial score (nSPS) is 22.4. The molecule has 0 aromatic heterocycles. The Bertz CT molecular complexity index is 481. The first kappa shape index (κ1) is 14.7. The van der Waals surface area contributed by atoms with E-state index in [4.69, 9.17) is 15.2 Å². The molecule has 0 bridgehead atoms. The van der Waals surface area contributed by atoms with Crippen LogP contribution in [0.15, 0.2) is 18.2 Å². The molecule has 1 unspecified atom stereocenters. The molecule has 0 amide bonds. The molecule has 0 spiro atoms. The summed E-state index contributed by atoms with van der Waals surface area (Å²) in [5.74, 6) is 1.48. The summed E-state index contributed by atoms with van der Waals surface area (Å²) in [6.45, 7) is 0.791. The molecule has 1 aliphatic heterocycles. The number of nitrogens with two attached hydrogens (primary N) is 1. The molecule has 21 heavy (non-hydrogen) atoms. The molecule has 4 heteroatoms. The van der Waals surface area contributed by atoms with Gasteiger partial charge >= 0.3 is 0 Å². The van der Waals surface area contributed by atoms with Crippen molar-refractivity contribution >= 4 is 0 Å². The molecule has 1 fully saturated rings. The van der Waals surface area contributed by atoms with Crippen LogP contribution in [0.25, 0.3) is 0 Å². The van der Waals surface area contributed by atoms with Gasteiger partial charge in [0.15, 0.2) is 11.5 Å². The lowest BCUT2D eigenvalue weighted by molar-refractivity contribution is 0.00838. The summed E-state index contributed by atoms with van der Waals surface area (Å²) in [6, 6.07) is 5.73. The molecule has 4 nitrogen and oxygen atoms in total. The highest BCUT2D eigenvalue weighted by molar-refractivity contribution is 5.45. The Morgan fingerprint density at radius 1 is 1.05 bits per heavy atom. The molecular formula is C17H25NO3. The van der Waals surface area contributed by atoms with Gasteiger partial charge in [0.1, 0.15) is 0 Å². The highest BCUT2D eigenvalue weighted by Crippen LogP contribution is 2.45. The summed E-state index contributed by atoms with van der Waals surface area (Å²) in [7, 11) is 0. The molecule has 2 aliphatic rings. The van der Waals surface area contributed by atoms with Crippen molar-refractivity contribution in [3.8, 4) is 11.5 Å². The number of ether oxygens (including phenoxy) is 2. The lowest BCUT2D eigenvalue weighted by Crippen LogP contribution is -2.37. The van der Waals surface area contributed by atoms with Gasteiger partial charge in [-0.05, 0) is 30.5 Å². The predicted molar refractivity (Wildman–Crippen MR) is 81.3 cm³/mol. The number of fused-ring (bicyclic) bond motifs is 1. The van der Waals surface area contributed by atoms with Crippen molar-refractivity contribution in [3.63, 3.8) is 0 Å². The third kappa shape index (κ3) is 2.87. The smallest absolute Gasteiger partial charge is 0.231 e. The first-order valence-electron chi connectivity index (χ1n) is 8.03. The summed E-state index contributed by atoms with van der Waals surface area (Å²) < 4.78 is 10.8. The van der Waals surface area contributed by atoms with E-state index >= 15 is 0 Å². The summed E-state index contributed by atoms with van der Waals surface area (Å²) in [5, 5.41) is 11.0. The topological polar surface area (TPSA) is 64.7 Å². The van der Waals surface area contributed by atoms with Crippen LogP contribution in [0.4, 0.5) is 0 Å². The van der Waals surface area contributed by atoms with Crippen LogP contribution in [0.3, 0.4) is 0 Å². The van der Waals surface area contributed by atoms with Crippen molar-refractivity contribution in [1.82, 2.24) is 0 Å². The number of hydrogen-bond donors (Lipinski definition) is 2. The van der Waals surface area contributed by atoms with Gasteiger partial charge < -0.3 is 20.3 Å². The van der Waals surface area contributed by atoms with Gasteiger partial charge in [0, 0.05) is 12.0 Å². The fourth-order valence-electron chi connectivity index (χ4n) is 3.64. The van der Waals surface area contributed by atoms with Crippen LogP contribution in [0, 0.1) is 5.41 Å². The van der Waals surface area contributed by atoms with Crippen molar-refractivity contribution in [1.29, 1.82) is 0 Å². The SMILES string of the molecule is NCC1(C(O)c2ccc3c(c2)OCO3)CCCCCCC1. The largest absolute Gasteiger partial charge is 0.454 e. The van der Waals surface area contributed by atoms with Gasteiger partial charge in [-0.3, -0.25) is 0 Å². The van der Waals surface area contributed by atoms with Crippen LogP contribution in [0.5, 0.6) is 11.5 Å². The minimum absolute atomic E-state index is 0.200. The van der Waals surface area contributed by atoms with Gasteiger partial charge in [-0.1, -0.05) is 38.2 Å². The third-order valence-electron chi connectivity index (χ3n) is 5.05. The zero-order valence-corrected chi connectivity index (χ0v) is 12.5. The van der Waals surface area contributed by atoms with E-state index in [0.29, 0.717) is 6.54 Å². The van der Waals surface area contributed by atoms with Crippen LogP contribution >= 0.6 is 0 Å². The summed E-state index contributed by atoms with van der Waals surface area (Å²) in [5.41, 5.74) is 6.79. The second kappa shape index (κ2) is 6.24. The first-order chi connectivity index (χ1) is 10.2. The Balaban J connectivity index is 1.84. The summed E-state index contributed by atoms with van der Waals surface area (Å²) in [4.78, 5) is 0. The van der Waals surface area contributed by atoms with E-state index in [0.717, 1.165) is 42.7 Å². The Hall–Kier alpha value is -1.26. The number of hydrogen-bond acceptors (Lipinski definition) is 4. The van der Waals surface area contributed by atoms with Gasteiger partial charge in [-0.15, -0.1) is 0 Å². The average Bonchev–Trinajstić information content (AvgIpc) is 2.94. The van der Waals surface area contributed by atoms with E-state index in [1.165, 1.54) is 19.3 Å². The molecule has 3 N–H and O–H groups in total. The van der Waals surface area contributed by atoms with Gasteiger partial charge in [-0.25, -0.2) is 0 Å². The number of aliphatic hydroxyl groups excluding tert-OH is 1. The fraction of sp³-hybridized carbons (Fsp3) is 0.647. The van der Waals surface area contributed by atoms with Gasteiger partial charge in [0.2, 0.25) is 6.79 Å². The van der Waals surface area contributed by atoms with E-state index in [1.54, 1.807) is 0 Å². The summed E-state index contributed by atoms with van der Waals surface area (Å²) in [6.07, 6.45) is 7.57. The van der Waals surface area contributed by atoms with Crippen molar-refractivity contribution < 1.29 is 14.6 Å². The van der Waals surface area contributed by atoms with E-state index in [1.807, 2.05) is 18.2 Å². The van der Waals surface area contributed by atoms with Crippen molar-refractivity contribution in [2.75, 3.05) is 13.3 Å². The Labute approximate surface area is 126 Å². The lowest BCUT2D eigenvalue weighted by atomic mass is 9.70. The van der Waals surface area contributed by atoms with Gasteiger partial charge in [-0.2, -0.15) is 0 Å². The quantitative estimate of drug-likeness (QED) is 0.898. The molecule has 116 valence electrons.